The number of pyridine rings is 1. The summed E-state index contributed by atoms with van der Waals surface area (Å²) >= 11 is 0. The Morgan fingerprint density at radius 3 is 2.24 bits per heavy atom. The van der Waals surface area contributed by atoms with Crippen LogP contribution in [0.1, 0.15) is 0 Å². The molecule has 1 aromatic heterocycles. The molecule has 0 radical (unpaired) electrons. The summed E-state index contributed by atoms with van der Waals surface area (Å²) in [6, 6.07) is 3.51. The molecule has 2 heterocycles. The monoisotopic (exact) mass is 334 g/mol. The van der Waals surface area contributed by atoms with E-state index in [0.717, 1.165) is 12.1 Å². The number of piperazine rings is 1. The number of nitrogen functional groups attached to an aromatic ring is 1. The van der Waals surface area contributed by atoms with Crippen LogP contribution in [0, 0.1) is 0 Å². The van der Waals surface area contributed by atoms with Crippen LogP contribution < -0.4 is 10.6 Å². The standard InChI is InChI=1S/C11H18N4O4S2/c1-20(16,17)9-21(18,19)15-6-4-14(5-7-15)11-3-2-10(12)8-13-11/h2-3,8H,4-7,9,12H2,1H3. The number of rotatable bonds is 4. The Hall–Kier alpha value is -1.39. The second kappa shape index (κ2) is 5.78. The summed E-state index contributed by atoms with van der Waals surface area (Å²) < 4.78 is 47.5. The molecule has 2 rings (SSSR count). The zero-order chi connectivity index (χ0) is 15.7. The average Bonchev–Trinajstić information content (AvgIpc) is 2.37. The van der Waals surface area contributed by atoms with Gasteiger partial charge in [0.1, 0.15) is 5.82 Å². The lowest BCUT2D eigenvalue weighted by Crippen LogP contribution is -2.50. The normalized spacial score (nSPS) is 17.9. The van der Waals surface area contributed by atoms with Gasteiger partial charge < -0.3 is 10.6 Å². The average molecular weight is 334 g/mol. The minimum atomic E-state index is -3.78. The quantitative estimate of drug-likeness (QED) is 0.760. The molecule has 0 amide bonds. The zero-order valence-electron chi connectivity index (χ0n) is 11.6. The highest BCUT2D eigenvalue weighted by Gasteiger charge is 2.30. The SMILES string of the molecule is CS(=O)(=O)CS(=O)(=O)N1CCN(c2ccc(N)cn2)CC1. The van der Waals surface area contributed by atoms with E-state index < -0.39 is 24.9 Å². The van der Waals surface area contributed by atoms with Crippen LogP contribution in [0.3, 0.4) is 0 Å². The first-order valence-corrected chi connectivity index (χ1v) is 9.96. The Labute approximate surface area is 124 Å². The van der Waals surface area contributed by atoms with Crippen molar-refractivity contribution in [2.24, 2.45) is 0 Å². The summed E-state index contributed by atoms with van der Waals surface area (Å²) in [5.41, 5.74) is 6.13. The van der Waals surface area contributed by atoms with Gasteiger partial charge in [-0.05, 0) is 12.1 Å². The van der Waals surface area contributed by atoms with Crippen LogP contribution in [-0.2, 0) is 19.9 Å². The van der Waals surface area contributed by atoms with Crippen molar-refractivity contribution in [3.05, 3.63) is 18.3 Å². The van der Waals surface area contributed by atoms with E-state index in [1.807, 2.05) is 4.90 Å². The first-order chi connectivity index (χ1) is 9.67. The van der Waals surface area contributed by atoms with Crippen molar-refractivity contribution in [2.75, 3.05) is 48.2 Å². The summed E-state index contributed by atoms with van der Waals surface area (Å²) in [6.07, 6.45) is 2.46. The minimum absolute atomic E-state index is 0.240. The molecule has 8 nitrogen and oxygen atoms in total. The summed E-state index contributed by atoms with van der Waals surface area (Å²) in [6.45, 7) is 1.40. The van der Waals surface area contributed by atoms with Crippen LogP contribution in [-0.4, -0.2) is 63.6 Å². The smallest absolute Gasteiger partial charge is 0.228 e. The predicted molar refractivity (Wildman–Crippen MR) is 81.1 cm³/mol. The lowest BCUT2D eigenvalue weighted by atomic mass is 10.3. The van der Waals surface area contributed by atoms with Gasteiger partial charge in [-0.25, -0.2) is 21.8 Å². The van der Waals surface area contributed by atoms with Gasteiger partial charge in [0.15, 0.2) is 14.9 Å². The van der Waals surface area contributed by atoms with Crippen LogP contribution in [0.15, 0.2) is 18.3 Å². The predicted octanol–water partition coefficient (Wildman–Crippen LogP) is -0.882. The Morgan fingerprint density at radius 1 is 1.14 bits per heavy atom. The molecule has 0 unspecified atom stereocenters. The number of hydrogen-bond acceptors (Lipinski definition) is 7. The Bertz CT molecular complexity index is 692. The minimum Gasteiger partial charge on any atom is -0.397 e. The molecule has 10 heteroatoms. The van der Waals surface area contributed by atoms with Crippen molar-refractivity contribution in [2.45, 2.75) is 0 Å². The fourth-order valence-electron chi connectivity index (χ4n) is 2.12. The van der Waals surface area contributed by atoms with Crippen LogP contribution in [0.5, 0.6) is 0 Å². The molecule has 1 aromatic rings. The molecule has 0 aliphatic carbocycles. The van der Waals surface area contributed by atoms with E-state index in [-0.39, 0.29) is 13.1 Å². The van der Waals surface area contributed by atoms with Gasteiger partial charge in [-0.15, -0.1) is 0 Å². The number of aromatic nitrogens is 1. The third-order valence-electron chi connectivity index (χ3n) is 3.09. The van der Waals surface area contributed by atoms with Gasteiger partial charge in [0.25, 0.3) is 0 Å². The Balaban J connectivity index is 2.02. The highest BCUT2D eigenvalue weighted by Crippen LogP contribution is 2.16. The maximum absolute atomic E-state index is 12.0. The van der Waals surface area contributed by atoms with E-state index in [2.05, 4.69) is 4.98 Å². The molecule has 0 atom stereocenters. The highest BCUT2D eigenvalue weighted by atomic mass is 32.3. The van der Waals surface area contributed by atoms with Gasteiger partial charge in [0, 0.05) is 32.4 Å². The number of nitrogens with two attached hydrogens (primary N) is 1. The summed E-state index contributed by atoms with van der Waals surface area (Å²) in [5, 5.41) is -0.847. The second-order valence-corrected chi connectivity index (χ2v) is 9.47. The summed E-state index contributed by atoms with van der Waals surface area (Å²) in [4.78, 5) is 6.12. The van der Waals surface area contributed by atoms with Gasteiger partial charge in [0.05, 0.1) is 11.9 Å². The highest BCUT2D eigenvalue weighted by molar-refractivity contribution is 8.06. The molecule has 0 bridgehead atoms. The molecule has 0 aromatic carbocycles. The van der Waals surface area contributed by atoms with E-state index in [4.69, 9.17) is 5.73 Å². The van der Waals surface area contributed by atoms with Crippen LogP contribution in [0.2, 0.25) is 0 Å². The van der Waals surface area contributed by atoms with Crippen LogP contribution in [0.25, 0.3) is 0 Å². The number of nitrogens with zero attached hydrogens (tertiary/aromatic N) is 3. The molecule has 1 fully saturated rings. The molecular weight excluding hydrogens is 316 g/mol. The van der Waals surface area contributed by atoms with E-state index in [1.54, 1.807) is 18.3 Å². The molecule has 0 spiro atoms. The maximum atomic E-state index is 12.0. The first-order valence-electron chi connectivity index (χ1n) is 6.29. The molecule has 1 aliphatic rings. The number of anilines is 2. The lowest BCUT2D eigenvalue weighted by molar-refractivity contribution is 0.386. The van der Waals surface area contributed by atoms with E-state index in [0.29, 0.717) is 18.8 Å². The zero-order valence-corrected chi connectivity index (χ0v) is 13.3. The van der Waals surface area contributed by atoms with E-state index in [1.165, 1.54) is 4.31 Å². The topological polar surface area (TPSA) is 114 Å². The van der Waals surface area contributed by atoms with Gasteiger partial charge in [-0.1, -0.05) is 0 Å². The summed E-state index contributed by atoms with van der Waals surface area (Å²) in [7, 11) is -7.35. The molecular formula is C11H18N4O4S2. The van der Waals surface area contributed by atoms with E-state index in [9.17, 15) is 16.8 Å². The van der Waals surface area contributed by atoms with Crippen molar-refractivity contribution in [1.82, 2.24) is 9.29 Å². The lowest BCUT2D eigenvalue weighted by Gasteiger charge is -2.34. The molecule has 1 saturated heterocycles. The molecule has 0 saturated carbocycles. The third-order valence-corrected chi connectivity index (χ3v) is 7.15. The van der Waals surface area contributed by atoms with Crippen molar-refractivity contribution >= 4 is 31.4 Å². The molecule has 118 valence electrons. The van der Waals surface area contributed by atoms with Gasteiger partial charge >= 0.3 is 0 Å². The van der Waals surface area contributed by atoms with Gasteiger partial charge in [-0.3, -0.25) is 0 Å². The third kappa shape index (κ3) is 4.29. The van der Waals surface area contributed by atoms with Crippen molar-refractivity contribution in [1.29, 1.82) is 0 Å². The van der Waals surface area contributed by atoms with Crippen LogP contribution >= 0.6 is 0 Å². The molecule has 21 heavy (non-hydrogen) atoms. The van der Waals surface area contributed by atoms with Crippen molar-refractivity contribution < 1.29 is 16.8 Å². The number of hydrogen-bond donors (Lipinski definition) is 1. The van der Waals surface area contributed by atoms with Crippen LogP contribution in [0.4, 0.5) is 11.5 Å². The van der Waals surface area contributed by atoms with Crippen molar-refractivity contribution in [3.8, 4) is 0 Å². The largest absolute Gasteiger partial charge is 0.397 e. The first kappa shape index (κ1) is 16.0. The molecule has 2 N–H and O–H groups in total. The van der Waals surface area contributed by atoms with Gasteiger partial charge in [0.2, 0.25) is 10.0 Å². The number of sulfonamides is 1. The van der Waals surface area contributed by atoms with Gasteiger partial charge in [-0.2, -0.15) is 4.31 Å². The summed E-state index contributed by atoms with van der Waals surface area (Å²) in [5.74, 6) is 0.726. The molecule has 1 aliphatic heterocycles. The maximum Gasteiger partial charge on any atom is 0.228 e. The fraction of sp³-hybridized carbons (Fsp3) is 0.545. The van der Waals surface area contributed by atoms with Crippen molar-refractivity contribution in [3.63, 3.8) is 0 Å². The number of sulfone groups is 1. The van der Waals surface area contributed by atoms with E-state index >= 15 is 0 Å². The Morgan fingerprint density at radius 2 is 1.76 bits per heavy atom. The second-order valence-electron chi connectivity index (χ2n) is 4.99. The Kier molecular flexibility index (Phi) is 4.40. The fourth-order valence-corrected chi connectivity index (χ4v) is 5.61.